The Balaban J connectivity index is 1.80. The zero-order valence-corrected chi connectivity index (χ0v) is 17.4. The van der Waals surface area contributed by atoms with Gasteiger partial charge in [-0.3, -0.25) is 0 Å². The molecule has 1 aromatic heterocycles. The number of benzene rings is 2. The second-order valence-corrected chi connectivity index (χ2v) is 8.98. The van der Waals surface area contributed by atoms with Gasteiger partial charge in [-0.25, -0.2) is 9.18 Å². The van der Waals surface area contributed by atoms with E-state index >= 15 is 0 Å². The number of aliphatic hydroxyl groups is 1. The SMILES string of the molecule is CC(C)(C)OC(=O)N1CCC(O)C(n2c3ccc(F)cc3c3cc(Cl)ccc32)C1. The van der Waals surface area contributed by atoms with Crippen molar-refractivity contribution in [1.29, 1.82) is 0 Å². The summed E-state index contributed by atoms with van der Waals surface area (Å²) in [6.07, 6.45) is -0.614. The maximum absolute atomic E-state index is 14.0. The van der Waals surface area contributed by atoms with Gasteiger partial charge < -0.3 is 19.3 Å². The van der Waals surface area contributed by atoms with Crippen molar-refractivity contribution in [2.24, 2.45) is 0 Å². The number of hydrogen-bond acceptors (Lipinski definition) is 3. The van der Waals surface area contributed by atoms with E-state index < -0.39 is 17.8 Å². The topological polar surface area (TPSA) is 54.7 Å². The standard InChI is InChI=1S/C22H24ClFN2O3/c1-22(2,3)29-21(28)25-9-8-20(27)19(12-25)26-17-6-4-13(23)10-15(17)16-11-14(24)5-7-18(16)26/h4-7,10-11,19-20,27H,8-9,12H2,1-3H3. The molecule has 1 aliphatic heterocycles. The van der Waals surface area contributed by atoms with Crippen LogP contribution in [-0.4, -0.2) is 45.5 Å². The summed E-state index contributed by atoms with van der Waals surface area (Å²) in [5.74, 6) is -0.337. The fourth-order valence-corrected chi connectivity index (χ4v) is 4.19. The van der Waals surface area contributed by atoms with Gasteiger partial charge in [0.15, 0.2) is 0 Å². The van der Waals surface area contributed by atoms with E-state index in [0.29, 0.717) is 24.5 Å². The summed E-state index contributed by atoms with van der Waals surface area (Å²) < 4.78 is 21.5. The van der Waals surface area contributed by atoms with E-state index in [-0.39, 0.29) is 11.9 Å². The largest absolute Gasteiger partial charge is 0.444 e. The quantitative estimate of drug-likeness (QED) is 0.596. The van der Waals surface area contributed by atoms with E-state index in [1.807, 2.05) is 31.4 Å². The van der Waals surface area contributed by atoms with Gasteiger partial charge in [0.05, 0.1) is 12.1 Å². The van der Waals surface area contributed by atoms with Crippen molar-refractivity contribution in [3.05, 3.63) is 47.2 Å². The van der Waals surface area contributed by atoms with Gasteiger partial charge in [0, 0.05) is 39.9 Å². The number of aromatic nitrogens is 1. The number of hydrogen-bond donors (Lipinski definition) is 1. The predicted octanol–water partition coefficient (Wildman–Crippen LogP) is 5.13. The first-order valence-corrected chi connectivity index (χ1v) is 10.1. The van der Waals surface area contributed by atoms with Gasteiger partial charge >= 0.3 is 6.09 Å². The summed E-state index contributed by atoms with van der Waals surface area (Å²) in [7, 11) is 0. The Hall–Kier alpha value is -2.31. The molecule has 1 amide bonds. The molecule has 4 rings (SSSR count). The average Bonchev–Trinajstić information content (AvgIpc) is 2.93. The normalized spacial score (nSPS) is 20.4. The van der Waals surface area contributed by atoms with Crippen molar-refractivity contribution in [2.45, 2.75) is 44.9 Å². The minimum Gasteiger partial charge on any atom is -0.444 e. The molecule has 2 heterocycles. The lowest BCUT2D eigenvalue weighted by atomic mass is 10.0. The summed E-state index contributed by atoms with van der Waals surface area (Å²) in [6, 6.07) is 9.65. The molecule has 2 unspecified atom stereocenters. The summed E-state index contributed by atoms with van der Waals surface area (Å²) >= 11 is 6.19. The Morgan fingerprint density at radius 2 is 1.83 bits per heavy atom. The lowest BCUT2D eigenvalue weighted by Crippen LogP contribution is -2.48. The third-order valence-corrected chi connectivity index (χ3v) is 5.49. The first-order chi connectivity index (χ1) is 13.6. The Morgan fingerprint density at radius 1 is 1.17 bits per heavy atom. The molecular weight excluding hydrogens is 395 g/mol. The van der Waals surface area contributed by atoms with E-state index in [2.05, 4.69) is 0 Å². The van der Waals surface area contributed by atoms with Gasteiger partial charge in [0.25, 0.3) is 0 Å². The number of carbonyl (C=O) groups excluding carboxylic acids is 1. The van der Waals surface area contributed by atoms with E-state index in [1.165, 1.54) is 12.1 Å². The minimum atomic E-state index is -0.645. The molecule has 0 bridgehead atoms. The molecule has 0 radical (unpaired) electrons. The summed E-state index contributed by atoms with van der Waals surface area (Å²) in [6.45, 7) is 6.20. The van der Waals surface area contributed by atoms with Crippen LogP contribution in [0.15, 0.2) is 36.4 Å². The summed E-state index contributed by atoms with van der Waals surface area (Å²) in [4.78, 5) is 14.2. The molecule has 1 saturated heterocycles. The van der Waals surface area contributed by atoms with Gasteiger partial charge in [0.2, 0.25) is 0 Å². The highest BCUT2D eigenvalue weighted by molar-refractivity contribution is 6.31. The monoisotopic (exact) mass is 418 g/mol. The van der Waals surface area contributed by atoms with E-state index in [9.17, 15) is 14.3 Å². The highest BCUT2D eigenvalue weighted by Crippen LogP contribution is 2.37. The summed E-state index contributed by atoms with van der Waals surface area (Å²) in [5.41, 5.74) is 1.04. The van der Waals surface area contributed by atoms with Crippen molar-refractivity contribution in [2.75, 3.05) is 13.1 Å². The van der Waals surface area contributed by atoms with Crippen molar-refractivity contribution in [3.63, 3.8) is 0 Å². The van der Waals surface area contributed by atoms with Gasteiger partial charge in [-0.05, 0) is 63.6 Å². The predicted molar refractivity (Wildman–Crippen MR) is 112 cm³/mol. The van der Waals surface area contributed by atoms with Crippen LogP contribution < -0.4 is 0 Å². The number of ether oxygens (including phenoxy) is 1. The molecule has 5 nitrogen and oxygen atoms in total. The number of carbonyl (C=O) groups is 1. The smallest absolute Gasteiger partial charge is 0.410 e. The molecule has 29 heavy (non-hydrogen) atoms. The number of piperidine rings is 1. The van der Waals surface area contributed by atoms with Crippen molar-refractivity contribution in [1.82, 2.24) is 9.47 Å². The Bertz CT molecular complexity index is 1030. The molecule has 1 N–H and O–H groups in total. The molecule has 2 atom stereocenters. The second-order valence-electron chi connectivity index (χ2n) is 8.54. The first-order valence-electron chi connectivity index (χ1n) is 9.69. The first kappa shape index (κ1) is 20.0. The summed E-state index contributed by atoms with van der Waals surface area (Å²) in [5, 5.41) is 12.9. The van der Waals surface area contributed by atoms with Gasteiger partial charge in [-0.2, -0.15) is 0 Å². The second kappa shape index (κ2) is 7.18. The minimum absolute atomic E-state index is 0.301. The third kappa shape index (κ3) is 3.79. The number of rotatable bonds is 1. The Kier molecular flexibility index (Phi) is 4.95. The molecule has 2 aromatic carbocycles. The molecule has 0 saturated carbocycles. The van der Waals surface area contributed by atoms with Crippen LogP contribution in [0.1, 0.15) is 33.2 Å². The highest BCUT2D eigenvalue weighted by Gasteiger charge is 2.35. The van der Waals surface area contributed by atoms with Crippen LogP contribution in [0.4, 0.5) is 9.18 Å². The van der Waals surface area contributed by atoms with Crippen LogP contribution in [0.3, 0.4) is 0 Å². The van der Waals surface area contributed by atoms with Gasteiger partial charge in [-0.1, -0.05) is 11.6 Å². The van der Waals surface area contributed by atoms with Crippen LogP contribution in [0.2, 0.25) is 5.02 Å². The Labute approximate surface area is 173 Å². The van der Waals surface area contributed by atoms with E-state index in [1.54, 1.807) is 23.1 Å². The Morgan fingerprint density at radius 3 is 2.52 bits per heavy atom. The van der Waals surface area contributed by atoms with Gasteiger partial charge in [-0.15, -0.1) is 0 Å². The van der Waals surface area contributed by atoms with E-state index in [4.69, 9.17) is 16.3 Å². The van der Waals surface area contributed by atoms with E-state index in [0.717, 1.165) is 21.8 Å². The molecule has 7 heteroatoms. The highest BCUT2D eigenvalue weighted by atomic mass is 35.5. The number of aliphatic hydroxyl groups excluding tert-OH is 1. The number of nitrogens with zero attached hydrogens (tertiary/aromatic N) is 2. The fraction of sp³-hybridized carbons (Fsp3) is 0.409. The van der Waals surface area contributed by atoms with Gasteiger partial charge in [0.1, 0.15) is 11.4 Å². The van der Waals surface area contributed by atoms with Crippen LogP contribution in [-0.2, 0) is 4.74 Å². The van der Waals surface area contributed by atoms with Crippen molar-refractivity contribution < 1.29 is 19.0 Å². The third-order valence-electron chi connectivity index (χ3n) is 5.26. The van der Waals surface area contributed by atoms with Crippen LogP contribution in [0.5, 0.6) is 0 Å². The number of halogens is 2. The zero-order chi connectivity index (χ0) is 20.9. The maximum Gasteiger partial charge on any atom is 0.410 e. The lowest BCUT2D eigenvalue weighted by molar-refractivity contribution is -0.00417. The molecule has 154 valence electrons. The lowest BCUT2D eigenvalue weighted by Gasteiger charge is -2.38. The maximum atomic E-state index is 14.0. The van der Waals surface area contributed by atoms with Crippen molar-refractivity contribution >= 4 is 39.5 Å². The zero-order valence-electron chi connectivity index (χ0n) is 16.7. The molecule has 0 aliphatic carbocycles. The molecule has 1 aliphatic rings. The molecule has 0 spiro atoms. The van der Waals surface area contributed by atoms with Crippen LogP contribution in [0, 0.1) is 5.82 Å². The molecule has 1 fully saturated rings. The fourth-order valence-electron chi connectivity index (χ4n) is 4.02. The van der Waals surface area contributed by atoms with Crippen LogP contribution in [0.25, 0.3) is 21.8 Å². The molecular formula is C22H24ClFN2O3. The number of likely N-dealkylation sites (tertiary alicyclic amines) is 1. The van der Waals surface area contributed by atoms with Crippen molar-refractivity contribution in [3.8, 4) is 0 Å². The number of amides is 1. The average molecular weight is 419 g/mol. The molecule has 3 aromatic rings. The van der Waals surface area contributed by atoms with Crippen LogP contribution >= 0.6 is 11.6 Å². The number of fused-ring (bicyclic) bond motifs is 3.